The van der Waals surface area contributed by atoms with E-state index < -0.39 is 5.91 Å². The molecule has 0 radical (unpaired) electrons. The molecule has 0 spiro atoms. The Morgan fingerprint density at radius 3 is 2.88 bits per heavy atom. The van der Waals surface area contributed by atoms with Gasteiger partial charge in [-0.05, 0) is 12.1 Å². The zero-order valence-corrected chi connectivity index (χ0v) is 8.59. The van der Waals surface area contributed by atoms with E-state index in [9.17, 15) is 4.79 Å². The molecular weight excluding hydrogens is 208 g/mol. The van der Waals surface area contributed by atoms with Crippen molar-refractivity contribution in [1.82, 2.24) is 4.73 Å². The van der Waals surface area contributed by atoms with Crippen molar-refractivity contribution in [2.45, 2.75) is 0 Å². The van der Waals surface area contributed by atoms with Gasteiger partial charge in [0.15, 0.2) is 0 Å². The molecule has 1 aromatic heterocycles. The van der Waals surface area contributed by atoms with Crippen LogP contribution in [0.15, 0.2) is 30.3 Å². The van der Waals surface area contributed by atoms with Crippen LogP contribution in [-0.2, 0) is 0 Å². The molecule has 3 N–H and O–H groups in total. The highest BCUT2D eigenvalue weighted by molar-refractivity contribution is 5.97. The molecule has 0 saturated heterocycles. The summed E-state index contributed by atoms with van der Waals surface area (Å²) in [4.78, 5) is 16.5. The standard InChI is InChI=1S/C11H12N2O3/c12-11(15)10-7-8-3-1-2-4-9(8)13(10)16-6-5-14/h1-4,7,14H,5-6H2,(H2,12,15). The fourth-order valence-corrected chi connectivity index (χ4v) is 1.57. The van der Waals surface area contributed by atoms with Crippen molar-refractivity contribution in [2.75, 3.05) is 13.2 Å². The zero-order valence-electron chi connectivity index (χ0n) is 8.59. The first kappa shape index (κ1) is 10.5. The van der Waals surface area contributed by atoms with Crippen LogP contribution in [0.1, 0.15) is 10.5 Å². The van der Waals surface area contributed by atoms with Gasteiger partial charge in [-0.3, -0.25) is 4.79 Å². The number of primary amides is 1. The Labute approximate surface area is 92.0 Å². The van der Waals surface area contributed by atoms with Crippen LogP contribution in [0.25, 0.3) is 10.9 Å². The normalized spacial score (nSPS) is 10.6. The first-order valence-electron chi connectivity index (χ1n) is 4.88. The Morgan fingerprint density at radius 1 is 1.44 bits per heavy atom. The maximum absolute atomic E-state index is 11.2. The number of aliphatic hydroxyl groups excluding tert-OH is 1. The maximum atomic E-state index is 11.2. The molecule has 16 heavy (non-hydrogen) atoms. The van der Waals surface area contributed by atoms with E-state index in [0.717, 1.165) is 10.9 Å². The number of aromatic nitrogens is 1. The van der Waals surface area contributed by atoms with E-state index in [1.165, 1.54) is 4.73 Å². The first-order valence-corrected chi connectivity index (χ1v) is 4.88. The summed E-state index contributed by atoms with van der Waals surface area (Å²) in [5.74, 6) is -0.561. The number of nitrogens with two attached hydrogens (primary N) is 1. The van der Waals surface area contributed by atoms with Crippen molar-refractivity contribution < 1.29 is 14.7 Å². The van der Waals surface area contributed by atoms with Crippen LogP contribution in [0, 0.1) is 0 Å². The van der Waals surface area contributed by atoms with Crippen LogP contribution < -0.4 is 10.6 Å². The summed E-state index contributed by atoms with van der Waals surface area (Å²) in [7, 11) is 0. The van der Waals surface area contributed by atoms with E-state index in [2.05, 4.69) is 0 Å². The third-order valence-corrected chi connectivity index (χ3v) is 2.23. The fourth-order valence-electron chi connectivity index (χ4n) is 1.57. The van der Waals surface area contributed by atoms with Gasteiger partial charge in [0.05, 0.1) is 12.1 Å². The predicted molar refractivity (Wildman–Crippen MR) is 59.0 cm³/mol. The summed E-state index contributed by atoms with van der Waals surface area (Å²) < 4.78 is 1.36. The molecule has 5 nitrogen and oxygen atoms in total. The number of benzene rings is 1. The average molecular weight is 220 g/mol. The second kappa shape index (κ2) is 4.24. The van der Waals surface area contributed by atoms with Crippen molar-refractivity contribution in [3.8, 4) is 0 Å². The molecule has 1 heterocycles. The molecule has 2 rings (SSSR count). The molecule has 1 aromatic carbocycles. The third kappa shape index (κ3) is 1.72. The molecule has 2 aromatic rings. The van der Waals surface area contributed by atoms with E-state index in [-0.39, 0.29) is 18.9 Å². The average Bonchev–Trinajstić information content (AvgIpc) is 2.65. The number of para-hydroxylation sites is 1. The van der Waals surface area contributed by atoms with Gasteiger partial charge in [-0.25, -0.2) is 0 Å². The molecule has 0 saturated carbocycles. The minimum absolute atomic E-state index is 0.110. The van der Waals surface area contributed by atoms with Gasteiger partial charge < -0.3 is 15.7 Å². The van der Waals surface area contributed by atoms with E-state index in [0.29, 0.717) is 0 Å². The lowest BCUT2D eigenvalue weighted by Gasteiger charge is -2.09. The van der Waals surface area contributed by atoms with Gasteiger partial charge in [-0.15, -0.1) is 0 Å². The molecule has 0 atom stereocenters. The van der Waals surface area contributed by atoms with Crippen LogP contribution in [0.2, 0.25) is 0 Å². The van der Waals surface area contributed by atoms with E-state index in [1.807, 2.05) is 24.3 Å². The van der Waals surface area contributed by atoms with E-state index in [1.54, 1.807) is 6.07 Å². The van der Waals surface area contributed by atoms with Gasteiger partial charge in [0.1, 0.15) is 12.3 Å². The van der Waals surface area contributed by atoms with Gasteiger partial charge >= 0.3 is 0 Å². The second-order valence-corrected chi connectivity index (χ2v) is 3.30. The number of hydrogen-bond acceptors (Lipinski definition) is 3. The SMILES string of the molecule is NC(=O)c1cc2ccccc2n1OCCO. The number of amides is 1. The molecule has 0 unspecified atom stereocenters. The summed E-state index contributed by atoms with van der Waals surface area (Å²) in [6, 6.07) is 9.05. The lowest BCUT2D eigenvalue weighted by atomic mass is 10.2. The van der Waals surface area contributed by atoms with E-state index >= 15 is 0 Å². The molecule has 0 aliphatic carbocycles. The van der Waals surface area contributed by atoms with Gasteiger partial charge in [-0.1, -0.05) is 18.2 Å². The van der Waals surface area contributed by atoms with Gasteiger partial charge in [0, 0.05) is 5.39 Å². The predicted octanol–water partition coefficient (Wildman–Crippen LogP) is 0.161. The van der Waals surface area contributed by atoms with Crippen LogP contribution in [0.4, 0.5) is 0 Å². The number of carbonyl (C=O) groups excluding carboxylic acids is 1. The Morgan fingerprint density at radius 2 is 2.19 bits per heavy atom. The quantitative estimate of drug-likeness (QED) is 0.770. The Bertz CT molecular complexity index is 519. The van der Waals surface area contributed by atoms with Crippen LogP contribution in [0.3, 0.4) is 0 Å². The highest BCUT2D eigenvalue weighted by Crippen LogP contribution is 2.18. The first-order chi connectivity index (χ1) is 7.74. The van der Waals surface area contributed by atoms with E-state index in [4.69, 9.17) is 15.7 Å². The number of rotatable bonds is 4. The van der Waals surface area contributed by atoms with Crippen LogP contribution in [-0.4, -0.2) is 29.0 Å². The minimum Gasteiger partial charge on any atom is -0.411 e. The molecule has 0 aliphatic heterocycles. The molecule has 1 amide bonds. The minimum atomic E-state index is -0.561. The Hall–Kier alpha value is -2.01. The lowest BCUT2D eigenvalue weighted by Crippen LogP contribution is -2.23. The molecule has 0 fully saturated rings. The Kier molecular flexibility index (Phi) is 2.78. The van der Waals surface area contributed by atoms with Crippen LogP contribution in [0.5, 0.6) is 0 Å². The van der Waals surface area contributed by atoms with Gasteiger partial charge in [0.25, 0.3) is 5.91 Å². The van der Waals surface area contributed by atoms with Crippen molar-refractivity contribution in [3.05, 3.63) is 36.0 Å². The van der Waals surface area contributed by atoms with Crippen molar-refractivity contribution in [3.63, 3.8) is 0 Å². The number of carbonyl (C=O) groups is 1. The maximum Gasteiger partial charge on any atom is 0.268 e. The largest absolute Gasteiger partial charge is 0.411 e. The number of nitrogens with zero attached hydrogens (tertiary/aromatic N) is 1. The number of fused-ring (bicyclic) bond motifs is 1. The van der Waals surface area contributed by atoms with Gasteiger partial charge in [0.2, 0.25) is 0 Å². The highest BCUT2D eigenvalue weighted by atomic mass is 16.7. The van der Waals surface area contributed by atoms with Crippen molar-refractivity contribution in [2.24, 2.45) is 5.73 Å². The summed E-state index contributed by atoms with van der Waals surface area (Å²) >= 11 is 0. The smallest absolute Gasteiger partial charge is 0.268 e. The molecule has 84 valence electrons. The second-order valence-electron chi connectivity index (χ2n) is 3.30. The topological polar surface area (TPSA) is 77.5 Å². The Balaban J connectivity index is 2.55. The summed E-state index contributed by atoms with van der Waals surface area (Å²) in [5.41, 5.74) is 6.28. The molecular formula is C11H12N2O3. The number of aliphatic hydroxyl groups is 1. The highest BCUT2D eigenvalue weighted by Gasteiger charge is 2.13. The lowest BCUT2D eigenvalue weighted by molar-refractivity contribution is 0.0723. The summed E-state index contributed by atoms with van der Waals surface area (Å²) in [6.07, 6.45) is 0. The third-order valence-electron chi connectivity index (χ3n) is 2.23. The summed E-state index contributed by atoms with van der Waals surface area (Å²) in [6.45, 7) is -0.0103. The number of hydrogen-bond donors (Lipinski definition) is 2. The monoisotopic (exact) mass is 220 g/mol. The van der Waals surface area contributed by atoms with Crippen molar-refractivity contribution >= 4 is 16.8 Å². The zero-order chi connectivity index (χ0) is 11.5. The molecule has 0 aliphatic rings. The fraction of sp³-hybridized carbons (Fsp3) is 0.182. The van der Waals surface area contributed by atoms with Gasteiger partial charge in [-0.2, -0.15) is 4.73 Å². The van der Waals surface area contributed by atoms with Crippen molar-refractivity contribution in [1.29, 1.82) is 0 Å². The summed E-state index contributed by atoms with van der Waals surface area (Å²) in [5, 5.41) is 9.58. The molecule has 5 heteroatoms. The van der Waals surface area contributed by atoms with Crippen LogP contribution >= 0.6 is 0 Å². The molecule has 0 bridgehead atoms.